The highest BCUT2D eigenvalue weighted by molar-refractivity contribution is 5.55. The van der Waals surface area contributed by atoms with Crippen molar-refractivity contribution in [2.45, 2.75) is 32.4 Å². The summed E-state index contributed by atoms with van der Waals surface area (Å²) in [5, 5.41) is 8.40. The molecule has 0 amide bonds. The maximum absolute atomic E-state index is 5.90. The first kappa shape index (κ1) is 12.8. The largest absolute Gasteiger partial charge is 0.497 e. The van der Waals surface area contributed by atoms with E-state index in [0.717, 1.165) is 30.4 Å². The minimum absolute atomic E-state index is 0.365. The lowest BCUT2D eigenvalue weighted by molar-refractivity contribution is 0.286. The number of nitrogens with zero attached hydrogens (tertiary/aromatic N) is 3. The van der Waals surface area contributed by atoms with E-state index in [4.69, 9.17) is 15.2 Å². The number of hydrogen-bond acceptors (Lipinski definition) is 5. The zero-order valence-electron chi connectivity index (χ0n) is 11.5. The highest BCUT2D eigenvalue weighted by atomic mass is 16.5. The van der Waals surface area contributed by atoms with Crippen molar-refractivity contribution in [2.75, 3.05) is 12.8 Å². The van der Waals surface area contributed by atoms with E-state index in [1.54, 1.807) is 25.3 Å². The molecular weight excluding hydrogens is 256 g/mol. The summed E-state index contributed by atoms with van der Waals surface area (Å²) in [5.74, 6) is 3.23. The second kappa shape index (κ2) is 5.40. The highest BCUT2D eigenvalue weighted by Crippen LogP contribution is 2.27. The molecule has 0 saturated carbocycles. The number of benzene rings is 1. The van der Waals surface area contributed by atoms with Gasteiger partial charge < -0.3 is 19.8 Å². The monoisotopic (exact) mass is 274 g/mol. The molecule has 6 nitrogen and oxygen atoms in total. The van der Waals surface area contributed by atoms with E-state index in [1.807, 2.05) is 0 Å². The summed E-state index contributed by atoms with van der Waals surface area (Å²) in [6.07, 6.45) is 3.34. The Bertz CT molecular complexity index is 609. The number of ether oxygens (including phenoxy) is 2. The van der Waals surface area contributed by atoms with Crippen LogP contribution < -0.4 is 15.2 Å². The van der Waals surface area contributed by atoms with Crippen molar-refractivity contribution in [3.63, 3.8) is 0 Å². The summed E-state index contributed by atoms with van der Waals surface area (Å²) in [4.78, 5) is 0. The van der Waals surface area contributed by atoms with Crippen LogP contribution in [-0.2, 0) is 19.6 Å². The fourth-order valence-corrected chi connectivity index (χ4v) is 2.38. The van der Waals surface area contributed by atoms with Crippen molar-refractivity contribution in [3.05, 3.63) is 29.8 Å². The molecule has 1 aromatic carbocycles. The predicted octanol–water partition coefficient (Wildman–Crippen LogP) is 1.78. The summed E-state index contributed by atoms with van der Waals surface area (Å²) in [6, 6.07) is 5.36. The quantitative estimate of drug-likeness (QED) is 0.860. The Labute approximate surface area is 117 Å². The lowest BCUT2D eigenvalue weighted by Gasteiger charge is -2.15. The van der Waals surface area contributed by atoms with Crippen LogP contribution in [0.5, 0.6) is 11.5 Å². The van der Waals surface area contributed by atoms with E-state index in [1.165, 1.54) is 12.8 Å². The van der Waals surface area contributed by atoms with Gasteiger partial charge in [-0.15, -0.1) is 10.2 Å². The normalized spacial score (nSPS) is 13.8. The Hall–Kier alpha value is -2.24. The Morgan fingerprint density at radius 1 is 1.30 bits per heavy atom. The smallest absolute Gasteiger partial charge is 0.171 e. The van der Waals surface area contributed by atoms with Gasteiger partial charge >= 0.3 is 0 Å². The molecule has 106 valence electrons. The maximum atomic E-state index is 5.90. The van der Waals surface area contributed by atoms with Crippen LogP contribution in [-0.4, -0.2) is 21.9 Å². The van der Waals surface area contributed by atoms with E-state index >= 15 is 0 Å². The molecule has 0 atom stereocenters. The minimum atomic E-state index is 0.365. The van der Waals surface area contributed by atoms with E-state index < -0.39 is 0 Å². The number of hydrogen-bond donors (Lipinski definition) is 1. The Morgan fingerprint density at radius 3 is 3.05 bits per heavy atom. The molecule has 2 N–H and O–H groups in total. The molecule has 0 fully saturated rings. The van der Waals surface area contributed by atoms with E-state index in [-0.39, 0.29) is 0 Å². The number of methoxy groups -OCH3 is 1. The lowest BCUT2D eigenvalue weighted by Crippen LogP contribution is -2.14. The predicted molar refractivity (Wildman–Crippen MR) is 74.7 cm³/mol. The van der Waals surface area contributed by atoms with Crippen molar-refractivity contribution < 1.29 is 9.47 Å². The second-order valence-electron chi connectivity index (χ2n) is 4.83. The molecule has 0 unspecified atom stereocenters. The first-order valence-corrected chi connectivity index (χ1v) is 6.75. The first-order chi connectivity index (χ1) is 9.78. The average molecular weight is 274 g/mol. The number of rotatable bonds is 4. The molecule has 1 aromatic heterocycles. The van der Waals surface area contributed by atoms with Gasteiger partial charge in [0, 0.05) is 19.0 Å². The van der Waals surface area contributed by atoms with Crippen LogP contribution >= 0.6 is 0 Å². The summed E-state index contributed by atoms with van der Waals surface area (Å²) in [6.45, 7) is 1.33. The first-order valence-electron chi connectivity index (χ1n) is 6.75. The van der Waals surface area contributed by atoms with Gasteiger partial charge in [-0.2, -0.15) is 0 Å². The third kappa shape index (κ3) is 2.41. The number of nitrogens with two attached hydrogens (primary N) is 1. The number of anilines is 1. The SMILES string of the molecule is COc1ccc(N)c(OCc2nnc3n2CCCC3)c1. The van der Waals surface area contributed by atoms with Gasteiger partial charge in [-0.05, 0) is 25.0 Å². The molecule has 1 aliphatic heterocycles. The zero-order chi connectivity index (χ0) is 13.9. The Balaban J connectivity index is 1.75. The van der Waals surface area contributed by atoms with Gasteiger partial charge in [0.25, 0.3) is 0 Å². The molecule has 1 aliphatic rings. The molecule has 2 heterocycles. The van der Waals surface area contributed by atoms with Gasteiger partial charge in [0.15, 0.2) is 5.82 Å². The van der Waals surface area contributed by atoms with E-state index in [2.05, 4.69) is 14.8 Å². The van der Waals surface area contributed by atoms with Crippen LogP contribution in [0, 0.1) is 0 Å². The van der Waals surface area contributed by atoms with Crippen molar-refractivity contribution in [2.24, 2.45) is 0 Å². The molecule has 20 heavy (non-hydrogen) atoms. The van der Waals surface area contributed by atoms with Crippen molar-refractivity contribution in [1.29, 1.82) is 0 Å². The third-order valence-corrected chi connectivity index (χ3v) is 3.51. The minimum Gasteiger partial charge on any atom is -0.497 e. The second-order valence-corrected chi connectivity index (χ2v) is 4.83. The zero-order valence-corrected chi connectivity index (χ0v) is 11.5. The molecule has 0 aliphatic carbocycles. The van der Waals surface area contributed by atoms with Gasteiger partial charge in [-0.25, -0.2) is 0 Å². The van der Waals surface area contributed by atoms with Crippen molar-refractivity contribution in [3.8, 4) is 11.5 Å². The van der Waals surface area contributed by atoms with Crippen LogP contribution in [0.1, 0.15) is 24.5 Å². The van der Waals surface area contributed by atoms with Crippen LogP contribution in [0.15, 0.2) is 18.2 Å². The van der Waals surface area contributed by atoms with Gasteiger partial charge in [0.2, 0.25) is 0 Å². The van der Waals surface area contributed by atoms with Crippen molar-refractivity contribution in [1.82, 2.24) is 14.8 Å². The topological polar surface area (TPSA) is 75.2 Å². The number of nitrogen functional groups attached to an aromatic ring is 1. The lowest BCUT2D eigenvalue weighted by atomic mass is 10.2. The van der Waals surface area contributed by atoms with Gasteiger partial charge in [-0.3, -0.25) is 0 Å². The van der Waals surface area contributed by atoms with Gasteiger partial charge in [-0.1, -0.05) is 0 Å². The van der Waals surface area contributed by atoms with Crippen molar-refractivity contribution >= 4 is 5.69 Å². The van der Waals surface area contributed by atoms with E-state index in [9.17, 15) is 0 Å². The standard InChI is InChI=1S/C14H18N4O2/c1-19-10-5-6-11(15)12(8-10)20-9-14-17-16-13-4-2-3-7-18(13)14/h5-6,8H,2-4,7,9,15H2,1H3. The summed E-state index contributed by atoms with van der Waals surface area (Å²) in [7, 11) is 1.62. The Morgan fingerprint density at radius 2 is 2.20 bits per heavy atom. The fraction of sp³-hybridized carbons (Fsp3) is 0.429. The average Bonchev–Trinajstić information content (AvgIpc) is 2.90. The fourth-order valence-electron chi connectivity index (χ4n) is 2.38. The molecule has 0 radical (unpaired) electrons. The molecular formula is C14H18N4O2. The molecule has 2 aromatic rings. The van der Waals surface area contributed by atoms with Gasteiger partial charge in [0.05, 0.1) is 12.8 Å². The maximum Gasteiger partial charge on any atom is 0.171 e. The van der Waals surface area contributed by atoms with Crippen LogP contribution in [0.2, 0.25) is 0 Å². The van der Waals surface area contributed by atoms with E-state index in [0.29, 0.717) is 18.0 Å². The van der Waals surface area contributed by atoms with Gasteiger partial charge in [0.1, 0.15) is 23.9 Å². The summed E-state index contributed by atoms with van der Waals surface area (Å²) < 4.78 is 13.1. The number of fused-ring (bicyclic) bond motifs is 1. The Kier molecular flexibility index (Phi) is 3.45. The summed E-state index contributed by atoms with van der Waals surface area (Å²) >= 11 is 0. The summed E-state index contributed by atoms with van der Waals surface area (Å²) in [5.41, 5.74) is 6.49. The third-order valence-electron chi connectivity index (χ3n) is 3.51. The molecule has 6 heteroatoms. The van der Waals surface area contributed by atoms with Crippen LogP contribution in [0.3, 0.4) is 0 Å². The molecule has 0 bridgehead atoms. The highest BCUT2D eigenvalue weighted by Gasteiger charge is 2.16. The van der Waals surface area contributed by atoms with Crippen LogP contribution in [0.25, 0.3) is 0 Å². The van der Waals surface area contributed by atoms with Crippen LogP contribution in [0.4, 0.5) is 5.69 Å². The number of aromatic nitrogens is 3. The molecule has 3 rings (SSSR count). The number of aryl methyl sites for hydroxylation is 1. The molecule has 0 spiro atoms. The molecule has 0 saturated heterocycles.